The average Bonchev–Trinajstić information content (AvgIpc) is 2.50. The Morgan fingerprint density at radius 2 is 2.00 bits per heavy atom. The molecule has 22 heavy (non-hydrogen) atoms. The minimum absolute atomic E-state index is 0.0343. The van der Waals surface area contributed by atoms with E-state index in [4.69, 9.17) is 10.5 Å². The molecule has 3 N–H and O–H groups in total. The molecule has 0 radical (unpaired) electrons. The van der Waals surface area contributed by atoms with E-state index in [0.717, 1.165) is 30.9 Å². The topological polar surface area (TPSA) is 67.6 Å². The van der Waals surface area contributed by atoms with E-state index < -0.39 is 0 Å². The quantitative estimate of drug-likeness (QED) is 0.691. The van der Waals surface area contributed by atoms with Crippen LogP contribution in [0.1, 0.15) is 32.8 Å². The number of nitrogens with one attached hydrogen (secondary N) is 1. The Kier molecular flexibility index (Phi) is 8.55. The van der Waals surface area contributed by atoms with Crippen molar-refractivity contribution >= 4 is 5.91 Å². The maximum Gasteiger partial charge on any atom is 0.221 e. The lowest BCUT2D eigenvalue weighted by molar-refractivity contribution is -0.121. The van der Waals surface area contributed by atoms with Crippen molar-refractivity contribution in [3.63, 3.8) is 0 Å². The fourth-order valence-electron chi connectivity index (χ4n) is 2.17. The molecule has 0 aromatic heterocycles. The van der Waals surface area contributed by atoms with Crippen LogP contribution in [0.4, 0.5) is 0 Å². The number of rotatable bonds is 10. The number of amides is 1. The van der Waals surface area contributed by atoms with Crippen molar-refractivity contribution in [3.05, 3.63) is 29.8 Å². The Morgan fingerprint density at radius 1 is 1.32 bits per heavy atom. The zero-order valence-electron chi connectivity index (χ0n) is 14.0. The van der Waals surface area contributed by atoms with Crippen LogP contribution in [0.3, 0.4) is 0 Å². The second-order valence-electron chi connectivity index (χ2n) is 5.44. The molecule has 0 aliphatic carbocycles. The number of hydrogen-bond acceptors (Lipinski definition) is 4. The highest BCUT2D eigenvalue weighted by Crippen LogP contribution is 2.17. The van der Waals surface area contributed by atoms with Gasteiger partial charge in [-0.1, -0.05) is 32.0 Å². The van der Waals surface area contributed by atoms with Gasteiger partial charge in [-0.15, -0.1) is 0 Å². The predicted octanol–water partition coefficient (Wildman–Crippen LogP) is 1.76. The smallest absolute Gasteiger partial charge is 0.221 e. The first kappa shape index (κ1) is 18.5. The van der Waals surface area contributed by atoms with Crippen molar-refractivity contribution in [2.24, 2.45) is 5.73 Å². The highest BCUT2D eigenvalue weighted by atomic mass is 16.5. The highest BCUT2D eigenvalue weighted by Gasteiger charge is 2.08. The van der Waals surface area contributed by atoms with Gasteiger partial charge in [0.25, 0.3) is 0 Å². The Balaban J connectivity index is 2.49. The third-order valence-electron chi connectivity index (χ3n) is 3.52. The Labute approximate surface area is 133 Å². The standard InChI is InChI=1S/C17H29N3O2/c1-4-20(5-2)10-11-22-16-9-7-6-8-15(16)13-19-17(21)12-14(3)18/h6-9,14H,4-5,10-13,18H2,1-3H3,(H,19,21). The summed E-state index contributed by atoms with van der Waals surface area (Å²) in [6.07, 6.45) is 0.338. The summed E-state index contributed by atoms with van der Waals surface area (Å²) < 4.78 is 5.87. The molecule has 124 valence electrons. The molecular weight excluding hydrogens is 278 g/mol. The number of benzene rings is 1. The Hall–Kier alpha value is -1.59. The maximum absolute atomic E-state index is 11.7. The van der Waals surface area contributed by atoms with Crippen LogP contribution in [0, 0.1) is 0 Å². The molecule has 1 rings (SSSR count). The molecule has 0 saturated carbocycles. The number of hydrogen-bond donors (Lipinski definition) is 2. The van der Waals surface area contributed by atoms with E-state index in [1.165, 1.54) is 0 Å². The van der Waals surface area contributed by atoms with Gasteiger partial charge in [0.15, 0.2) is 0 Å². The molecule has 1 amide bonds. The molecule has 0 aliphatic rings. The highest BCUT2D eigenvalue weighted by molar-refractivity contribution is 5.76. The van der Waals surface area contributed by atoms with Gasteiger partial charge in [-0.05, 0) is 26.1 Å². The molecule has 0 aliphatic heterocycles. The number of nitrogens with two attached hydrogens (primary N) is 1. The molecule has 0 saturated heterocycles. The molecule has 5 nitrogen and oxygen atoms in total. The normalized spacial score (nSPS) is 12.2. The van der Waals surface area contributed by atoms with E-state index in [2.05, 4.69) is 24.1 Å². The lowest BCUT2D eigenvalue weighted by Gasteiger charge is -2.19. The van der Waals surface area contributed by atoms with E-state index in [-0.39, 0.29) is 11.9 Å². The van der Waals surface area contributed by atoms with E-state index in [9.17, 15) is 4.79 Å². The van der Waals surface area contributed by atoms with Gasteiger partial charge in [-0.25, -0.2) is 0 Å². The number of ether oxygens (including phenoxy) is 1. The summed E-state index contributed by atoms with van der Waals surface area (Å²) in [7, 11) is 0. The summed E-state index contributed by atoms with van der Waals surface area (Å²) >= 11 is 0. The van der Waals surface area contributed by atoms with E-state index in [0.29, 0.717) is 19.6 Å². The summed E-state index contributed by atoms with van der Waals surface area (Å²) in [5.41, 5.74) is 6.61. The molecular formula is C17H29N3O2. The molecule has 0 bridgehead atoms. The minimum atomic E-state index is -0.124. The summed E-state index contributed by atoms with van der Waals surface area (Å²) in [4.78, 5) is 14.0. The minimum Gasteiger partial charge on any atom is -0.492 e. The zero-order valence-corrected chi connectivity index (χ0v) is 14.0. The lowest BCUT2D eigenvalue weighted by Crippen LogP contribution is -2.30. The second-order valence-corrected chi connectivity index (χ2v) is 5.44. The molecule has 1 atom stereocenters. The summed E-state index contributed by atoms with van der Waals surface area (Å²) in [5, 5.41) is 2.88. The summed E-state index contributed by atoms with van der Waals surface area (Å²) in [6, 6.07) is 7.68. The van der Waals surface area contributed by atoms with Crippen LogP contribution in [-0.2, 0) is 11.3 Å². The van der Waals surface area contributed by atoms with Crippen molar-refractivity contribution in [2.75, 3.05) is 26.2 Å². The third-order valence-corrected chi connectivity index (χ3v) is 3.52. The molecule has 5 heteroatoms. The van der Waals surface area contributed by atoms with Crippen molar-refractivity contribution < 1.29 is 9.53 Å². The monoisotopic (exact) mass is 307 g/mol. The largest absolute Gasteiger partial charge is 0.492 e. The van der Waals surface area contributed by atoms with E-state index >= 15 is 0 Å². The van der Waals surface area contributed by atoms with Gasteiger partial charge in [-0.3, -0.25) is 4.79 Å². The molecule has 1 unspecified atom stereocenters. The maximum atomic E-state index is 11.7. The van der Waals surface area contributed by atoms with Gasteiger partial charge in [0.1, 0.15) is 12.4 Å². The first-order valence-electron chi connectivity index (χ1n) is 8.02. The SMILES string of the molecule is CCN(CC)CCOc1ccccc1CNC(=O)CC(C)N. The number of likely N-dealkylation sites (N-methyl/N-ethyl adjacent to an activating group) is 1. The molecule has 1 aromatic carbocycles. The van der Waals surface area contributed by atoms with Gasteiger partial charge < -0.3 is 20.7 Å². The summed E-state index contributed by atoms with van der Waals surface area (Å²) in [5.74, 6) is 0.795. The number of nitrogens with zero attached hydrogens (tertiary/aromatic N) is 1. The van der Waals surface area contributed by atoms with Crippen molar-refractivity contribution in [3.8, 4) is 5.75 Å². The van der Waals surface area contributed by atoms with E-state index in [1.54, 1.807) is 0 Å². The van der Waals surface area contributed by atoms with Crippen LogP contribution in [0.5, 0.6) is 5.75 Å². The molecule has 0 fully saturated rings. The van der Waals surface area contributed by atoms with Gasteiger partial charge in [0.05, 0.1) is 0 Å². The molecule has 0 spiro atoms. The molecule has 0 heterocycles. The van der Waals surface area contributed by atoms with Crippen LogP contribution in [-0.4, -0.2) is 43.1 Å². The number of carbonyl (C=O) groups is 1. The second kappa shape index (κ2) is 10.2. The average molecular weight is 307 g/mol. The van der Waals surface area contributed by atoms with Gasteiger partial charge >= 0.3 is 0 Å². The van der Waals surface area contributed by atoms with Crippen molar-refractivity contribution in [1.29, 1.82) is 0 Å². The summed E-state index contributed by atoms with van der Waals surface area (Å²) in [6.45, 7) is 10.2. The lowest BCUT2D eigenvalue weighted by atomic mass is 10.2. The van der Waals surface area contributed by atoms with Crippen molar-refractivity contribution in [2.45, 2.75) is 39.8 Å². The van der Waals surface area contributed by atoms with E-state index in [1.807, 2.05) is 31.2 Å². The van der Waals surface area contributed by atoms with Crippen LogP contribution in [0.25, 0.3) is 0 Å². The third kappa shape index (κ3) is 6.91. The van der Waals surface area contributed by atoms with Gasteiger partial charge in [0.2, 0.25) is 5.91 Å². The number of carbonyl (C=O) groups excluding carboxylic acids is 1. The first-order chi connectivity index (χ1) is 10.6. The van der Waals surface area contributed by atoms with Crippen LogP contribution < -0.4 is 15.8 Å². The number of para-hydroxylation sites is 1. The van der Waals surface area contributed by atoms with Crippen LogP contribution >= 0.6 is 0 Å². The Bertz CT molecular complexity index is 445. The predicted molar refractivity (Wildman–Crippen MR) is 89.8 cm³/mol. The van der Waals surface area contributed by atoms with Crippen LogP contribution in [0.2, 0.25) is 0 Å². The van der Waals surface area contributed by atoms with Crippen molar-refractivity contribution in [1.82, 2.24) is 10.2 Å². The zero-order chi connectivity index (χ0) is 16.4. The fraction of sp³-hybridized carbons (Fsp3) is 0.588. The molecule has 1 aromatic rings. The van der Waals surface area contributed by atoms with Gasteiger partial charge in [-0.2, -0.15) is 0 Å². The first-order valence-corrected chi connectivity index (χ1v) is 8.02. The van der Waals surface area contributed by atoms with Crippen LogP contribution in [0.15, 0.2) is 24.3 Å². The fourth-order valence-corrected chi connectivity index (χ4v) is 2.17. The Morgan fingerprint density at radius 3 is 2.64 bits per heavy atom. The van der Waals surface area contributed by atoms with Gasteiger partial charge in [0, 0.05) is 31.1 Å².